The minimum Gasteiger partial charge on any atom is -0.495 e. The molecule has 0 amide bonds. The van der Waals surface area contributed by atoms with Gasteiger partial charge in [0.2, 0.25) is 10.0 Å². The zero-order valence-electron chi connectivity index (χ0n) is 12.8. The monoisotopic (exact) mass is 399 g/mol. The predicted octanol–water partition coefficient (Wildman–Crippen LogP) is 3.20. The van der Waals surface area contributed by atoms with Gasteiger partial charge in [-0.2, -0.15) is 0 Å². The summed E-state index contributed by atoms with van der Waals surface area (Å²) in [5, 5.41) is 0. The van der Waals surface area contributed by atoms with Gasteiger partial charge in [-0.25, -0.2) is 13.1 Å². The Bertz CT molecular complexity index is 750. The lowest BCUT2D eigenvalue weighted by Gasteiger charge is -2.16. The van der Waals surface area contributed by atoms with Crippen LogP contribution in [0.15, 0.2) is 57.9 Å². The number of hydrogen-bond donors (Lipinski definition) is 1. The minimum absolute atomic E-state index is 0.0845. The van der Waals surface area contributed by atoms with Crippen molar-refractivity contribution in [1.29, 1.82) is 0 Å². The van der Waals surface area contributed by atoms with Crippen LogP contribution in [0.3, 0.4) is 0 Å². The van der Waals surface area contributed by atoms with Crippen molar-refractivity contribution >= 4 is 26.0 Å². The van der Waals surface area contributed by atoms with Crippen LogP contribution in [0.5, 0.6) is 11.5 Å². The van der Waals surface area contributed by atoms with Gasteiger partial charge in [0, 0.05) is 11.0 Å². The molecule has 0 aliphatic heterocycles. The van der Waals surface area contributed by atoms with E-state index in [0.717, 1.165) is 0 Å². The van der Waals surface area contributed by atoms with Gasteiger partial charge in [0.25, 0.3) is 0 Å². The summed E-state index contributed by atoms with van der Waals surface area (Å²) in [6, 6.07) is 14.1. The molecule has 2 aromatic rings. The normalized spacial score (nSPS) is 12.7. The molecule has 0 radical (unpaired) electrons. The van der Waals surface area contributed by atoms with Crippen LogP contribution >= 0.6 is 15.9 Å². The summed E-state index contributed by atoms with van der Waals surface area (Å²) in [5.74, 6) is 0.983. The quantitative estimate of drug-likeness (QED) is 0.776. The van der Waals surface area contributed by atoms with Gasteiger partial charge in [-0.1, -0.05) is 34.1 Å². The van der Waals surface area contributed by atoms with E-state index in [-0.39, 0.29) is 23.3 Å². The number of rotatable bonds is 7. The van der Waals surface area contributed by atoms with E-state index in [2.05, 4.69) is 20.7 Å². The van der Waals surface area contributed by atoms with E-state index >= 15 is 0 Å². The Labute approximate surface area is 144 Å². The highest BCUT2D eigenvalue weighted by Gasteiger charge is 2.20. The molecule has 0 fully saturated rings. The lowest BCUT2D eigenvalue weighted by atomic mass is 10.3. The Kier molecular flexibility index (Phi) is 6.04. The Balaban J connectivity index is 2.05. The van der Waals surface area contributed by atoms with E-state index in [4.69, 9.17) is 9.47 Å². The highest BCUT2D eigenvalue weighted by atomic mass is 79.9. The van der Waals surface area contributed by atoms with Crippen molar-refractivity contribution in [3.8, 4) is 11.5 Å². The number of benzene rings is 2. The molecule has 2 aromatic carbocycles. The fourth-order valence-corrected chi connectivity index (χ4v) is 3.76. The van der Waals surface area contributed by atoms with Gasteiger partial charge in [0.15, 0.2) is 0 Å². The third-order valence-electron chi connectivity index (χ3n) is 3.06. The second-order valence-electron chi connectivity index (χ2n) is 4.89. The van der Waals surface area contributed by atoms with Crippen molar-refractivity contribution in [1.82, 2.24) is 4.72 Å². The third kappa shape index (κ3) is 4.95. The number of para-hydroxylation sites is 1. The number of nitrogens with one attached hydrogen (secondary N) is 1. The van der Waals surface area contributed by atoms with Crippen LogP contribution in [-0.2, 0) is 10.0 Å². The van der Waals surface area contributed by atoms with Crippen LogP contribution in [0.2, 0.25) is 0 Å². The summed E-state index contributed by atoms with van der Waals surface area (Å²) in [6.45, 7) is 1.94. The summed E-state index contributed by atoms with van der Waals surface area (Å²) in [4.78, 5) is 0.0845. The predicted molar refractivity (Wildman–Crippen MR) is 92.4 cm³/mol. The molecule has 0 saturated heterocycles. The van der Waals surface area contributed by atoms with Crippen molar-refractivity contribution in [2.24, 2.45) is 0 Å². The first-order chi connectivity index (χ1) is 10.9. The zero-order valence-corrected chi connectivity index (χ0v) is 15.2. The molecule has 1 atom stereocenters. The molecule has 0 aliphatic rings. The number of halogens is 1. The molecule has 0 aromatic heterocycles. The smallest absolute Gasteiger partial charge is 0.244 e. The SMILES string of the molecule is COc1ccc(Br)cc1S(=O)(=O)NCC(C)Oc1ccccc1. The van der Waals surface area contributed by atoms with E-state index < -0.39 is 10.0 Å². The van der Waals surface area contributed by atoms with Gasteiger partial charge in [-0.15, -0.1) is 0 Å². The Hall–Kier alpha value is -1.57. The van der Waals surface area contributed by atoms with Crippen molar-refractivity contribution in [3.63, 3.8) is 0 Å². The molecule has 7 heteroatoms. The lowest BCUT2D eigenvalue weighted by Crippen LogP contribution is -2.33. The third-order valence-corrected chi connectivity index (χ3v) is 4.99. The number of methoxy groups -OCH3 is 1. The maximum absolute atomic E-state index is 12.5. The van der Waals surface area contributed by atoms with Crippen LogP contribution < -0.4 is 14.2 Å². The minimum atomic E-state index is -3.70. The van der Waals surface area contributed by atoms with Crippen molar-refractivity contribution < 1.29 is 17.9 Å². The molecule has 124 valence electrons. The molecule has 23 heavy (non-hydrogen) atoms. The molecule has 0 bridgehead atoms. The van der Waals surface area contributed by atoms with Gasteiger partial charge in [-0.3, -0.25) is 0 Å². The summed E-state index contributed by atoms with van der Waals surface area (Å²) in [6.07, 6.45) is -0.315. The zero-order chi connectivity index (χ0) is 16.9. The van der Waals surface area contributed by atoms with Crippen LogP contribution in [0.4, 0.5) is 0 Å². The highest BCUT2D eigenvalue weighted by Crippen LogP contribution is 2.27. The standard InChI is InChI=1S/C16H18BrNO4S/c1-12(22-14-6-4-3-5-7-14)11-18-23(19,20)16-10-13(17)8-9-15(16)21-2/h3-10,12,18H,11H2,1-2H3. The van der Waals surface area contributed by atoms with E-state index in [1.165, 1.54) is 13.2 Å². The lowest BCUT2D eigenvalue weighted by molar-refractivity contribution is 0.225. The number of sulfonamides is 1. The van der Waals surface area contributed by atoms with Gasteiger partial charge in [-0.05, 0) is 37.3 Å². The van der Waals surface area contributed by atoms with Crippen molar-refractivity contribution in [2.75, 3.05) is 13.7 Å². The number of hydrogen-bond acceptors (Lipinski definition) is 4. The Morgan fingerprint density at radius 3 is 2.52 bits per heavy atom. The van der Waals surface area contributed by atoms with E-state index in [0.29, 0.717) is 10.2 Å². The van der Waals surface area contributed by atoms with E-state index in [9.17, 15) is 8.42 Å². The second-order valence-corrected chi connectivity index (χ2v) is 7.54. The van der Waals surface area contributed by atoms with Crippen molar-refractivity contribution in [2.45, 2.75) is 17.9 Å². The van der Waals surface area contributed by atoms with Crippen LogP contribution in [0, 0.1) is 0 Å². The largest absolute Gasteiger partial charge is 0.495 e. The molecule has 0 aliphatic carbocycles. The fourth-order valence-electron chi connectivity index (χ4n) is 1.94. The average molecular weight is 400 g/mol. The molecule has 1 unspecified atom stereocenters. The van der Waals surface area contributed by atoms with Crippen LogP contribution in [0.1, 0.15) is 6.92 Å². The molecule has 0 heterocycles. The summed E-state index contributed by atoms with van der Waals surface area (Å²) in [5.41, 5.74) is 0. The molecular formula is C16H18BrNO4S. The maximum atomic E-state index is 12.5. The Morgan fingerprint density at radius 1 is 1.17 bits per heavy atom. The topological polar surface area (TPSA) is 64.6 Å². The van der Waals surface area contributed by atoms with E-state index in [1.54, 1.807) is 19.1 Å². The van der Waals surface area contributed by atoms with Gasteiger partial charge in [0.1, 0.15) is 22.5 Å². The second kappa shape index (κ2) is 7.81. The highest BCUT2D eigenvalue weighted by molar-refractivity contribution is 9.10. The average Bonchev–Trinajstić information content (AvgIpc) is 2.54. The first kappa shape index (κ1) is 17.8. The fraction of sp³-hybridized carbons (Fsp3) is 0.250. The Morgan fingerprint density at radius 2 is 1.87 bits per heavy atom. The molecule has 5 nitrogen and oxygen atoms in total. The maximum Gasteiger partial charge on any atom is 0.244 e. The number of ether oxygens (including phenoxy) is 2. The molecular weight excluding hydrogens is 382 g/mol. The molecule has 1 N–H and O–H groups in total. The first-order valence-corrected chi connectivity index (χ1v) is 9.25. The summed E-state index contributed by atoms with van der Waals surface area (Å²) >= 11 is 3.27. The molecule has 0 saturated carbocycles. The summed E-state index contributed by atoms with van der Waals surface area (Å²) in [7, 11) is -2.26. The van der Waals surface area contributed by atoms with Crippen LogP contribution in [0.25, 0.3) is 0 Å². The molecule has 2 rings (SSSR count). The van der Waals surface area contributed by atoms with E-state index in [1.807, 2.05) is 30.3 Å². The molecule has 0 spiro atoms. The van der Waals surface area contributed by atoms with Crippen LogP contribution in [-0.4, -0.2) is 28.2 Å². The first-order valence-electron chi connectivity index (χ1n) is 6.97. The van der Waals surface area contributed by atoms with Gasteiger partial charge < -0.3 is 9.47 Å². The van der Waals surface area contributed by atoms with Crippen molar-refractivity contribution in [3.05, 3.63) is 53.0 Å². The van der Waals surface area contributed by atoms with Gasteiger partial charge >= 0.3 is 0 Å². The summed E-state index contributed by atoms with van der Waals surface area (Å²) < 4.78 is 38.9. The van der Waals surface area contributed by atoms with Gasteiger partial charge in [0.05, 0.1) is 7.11 Å².